The van der Waals surface area contributed by atoms with Crippen LogP contribution < -0.4 is 12.4 Å². The number of hydrogen-bond acceptors (Lipinski definition) is 1. The van der Waals surface area contributed by atoms with Gasteiger partial charge in [-0.25, -0.2) is 0 Å². The number of thiophene rings is 1. The third kappa shape index (κ3) is 4.02. The Morgan fingerprint density at radius 1 is 1.62 bits per heavy atom. The summed E-state index contributed by atoms with van der Waals surface area (Å²) < 4.78 is 1.14. The van der Waals surface area contributed by atoms with Crippen molar-refractivity contribution in [2.45, 2.75) is 0 Å². The minimum atomic E-state index is 0. The van der Waals surface area contributed by atoms with Gasteiger partial charge in [0.05, 0.1) is 3.79 Å². The molecule has 0 aliphatic carbocycles. The Labute approximate surface area is 80.0 Å². The summed E-state index contributed by atoms with van der Waals surface area (Å²) >= 11 is 4.84. The molecule has 0 unspecified atom stereocenters. The van der Waals surface area contributed by atoms with E-state index in [1.165, 1.54) is 0 Å². The first-order chi connectivity index (χ1) is 2.89. The molecule has 1 aromatic rings. The third-order valence-corrected chi connectivity index (χ3v) is 1.77. The first-order valence-electron chi connectivity index (χ1n) is 1.51. The Bertz CT molecular complexity index is 120. The van der Waals surface area contributed by atoms with Gasteiger partial charge in [0.1, 0.15) is 0 Å². The first kappa shape index (κ1) is 11.8. The number of halogens is 2. The van der Waals surface area contributed by atoms with Crippen LogP contribution in [-0.4, -0.2) is 0 Å². The van der Waals surface area contributed by atoms with E-state index in [4.69, 9.17) is 0 Å². The Hall–Kier alpha value is 1.09. The maximum Gasteiger partial charge on any atom is 0.0705 e. The molecule has 0 atom stereocenters. The molecule has 1 heterocycles. The van der Waals surface area contributed by atoms with E-state index in [9.17, 15) is 0 Å². The molecule has 0 aromatic carbocycles. The Balaban J connectivity index is 0. The molecule has 0 fully saturated rings. The molecule has 0 amide bonds. The van der Waals surface area contributed by atoms with Gasteiger partial charge in [-0.15, -0.1) is 11.3 Å². The summed E-state index contributed by atoms with van der Waals surface area (Å²) in [5.74, 6) is 0. The topological polar surface area (TPSA) is 0 Å². The molecule has 0 nitrogen and oxygen atoms in total. The van der Waals surface area contributed by atoms with E-state index in [0.717, 1.165) is 3.79 Å². The summed E-state index contributed by atoms with van der Waals surface area (Å²) in [5.41, 5.74) is 0. The van der Waals surface area contributed by atoms with Gasteiger partial charge >= 0.3 is 0 Å². The van der Waals surface area contributed by atoms with E-state index in [0.29, 0.717) is 0 Å². The molecule has 0 saturated carbocycles. The molecule has 1 radical (unpaired) electrons. The van der Waals surface area contributed by atoms with Crippen molar-refractivity contribution in [1.82, 2.24) is 0 Å². The van der Waals surface area contributed by atoms with E-state index in [1.807, 2.05) is 12.1 Å². The molecule has 0 saturated heterocycles. The van der Waals surface area contributed by atoms with Crippen molar-refractivity contribution in [3.8, 4) is 0 Å². The van der Waals surface area contributed by atoms with Gasteiger partial charge in [0.15, 0.2) is 0 Å². The van der Waals surface area contributed by atoms with Gasteiger partial charge in [-0.1, -0.05) is 0 Å². The molecular weight excluding hydrogens is 261 g/mol. The molecule has 0 bridgehead atoms. The van der Waals surface area contributed by atoms with Gasteiger partial charge in [-0.05, 0) is 28.1 Å². The van der Waals surface area contributed by atoms with Crippen LogP contribution in [0.15, 0.2) is 15.9 Å². The third-order valence-electron chi connectivity index (χ3n) is 0.439. The fraction of sp³-hybridized carbons (Fsp3) is 0. The Morgan fingerprint density at radius 3 is 2.38 bits per heavy atom. The molecule has 4 heteroatoms. The van der Waals surface area contributed by atoms with Crippen LogP contribution in [0.3, 0.4) is 0 Å². The zero-order chi connectivity index (χ0) is 4.41. The fourth-order valence-electron chi connectivity index (χ4n) is 0.224. The summed E-state index contributed by atoms with van der Waals surface area (Å²) in [4.78, 5) is 0. The van der Waals surface area contributed by atoms with E-state index in [2.05, 4.69) is 21.3 Å². The molecule has 0 aliphatic heterocycles. The second-order valence-corrected chi connectivity index (χ2v) is 3.12. The van der Waals surface area contributed by atoms with Gasteiger partial charge in [0.2, 0.25) is 0 Å². The fourth-order valence-corrected chi connectivity index (χ4v) is 1.02. The van der Waals surface area contributed by atoms with Crippen LogP contribution in [-0.2, 0) is 19.5 Å². The largest absolute Gasteiger partial charge is 1.00 e. The standard InChI is InChI=1S/C4H2BrS.ClH.Zn/c5-4-2-1-3-6-4;;/h1-2H;1H;/p-1. The van der Waals surface area contributed by atoms with Gasteiger partial charge in [-0.2, -0.15) is 0 Å². The summed E-state index contributed by atoms with van der Waals surface area (Å²) in [6.07, 6.45) is 0. The SMILES string of the molecule is Brc1cc[c]s1.[Cl-].[Zn]. The molecule has 41 valence electrons. The normalized spacial score (nSPS) is 6.62. The zero-order valence-electron chi connectivity index (χ0n) is 4.03. The Kier molecular flexibility index (Phi) is 9.20. The predicted octanol–water partition coefficient (Wildman–Crippen LogP) is -0.688. The van der Waals surface area contributed by atoms with Crippen molar-refractivity contribution in [3.63, 3.8) is 0 Å². The smallest absolute Gasteiger partial charge is 0.0705 e. The summed E-state index contributed by atoms with van der Waals surface area (Å²) in [6, 6.07) is 3.85. The predicted molar refractivity (Wildman–Crippen MR) is 30.9 cm³/mol. The minimum Gasteiger partial charge on any atom is -1.00 e. The summed E-state index contributed by atoms with van der Waals surface area (Å²) in [6.45, 7) is 0. The summed E-state index contributed by atoms with van der Waals surface area (Å²) in [7, 11) is 0. The average Bonchev–Trinajstić information content (AvgIpc) is 1.86. The monoisotopic (exact) mass is 260 g/mol. The van der Waals surface area contributed by atoms with E-state index < -0.39 is 0 Å². The van der Waals surface area contributed by atoms with E-state index >= 15 is 0 Å². The molecule has 1 aromatic heterocycles. The number of rotatable bonds is 0. The molecule has 8 heavy (non-hydrogen) atoms. The maximum absolute atomic E-state index is 3.27. The van der Waals surface area contributed by atoms with E-state index in [1.54, 1.807) is 11.3 Å². The minimum absolute atomic E-state index is 0. The number of hydrogen-bond donors (Lipinski definition) is 0. The van der Waals surface area contributed by atoms with E-state index in [-0.39, 0.29) is 31.9 Å². The average molecular weight is 263 g/mol. The molecule has 0 spiro atoms. The van der Waals surface area contributed by atoms with Gasteiger partial charge < -0.3 is 12.4 Å². The zero-order valence-corrected chi connectivity index (χ0v) is 10.2. The van der Waals surface area contributed by atoms with Crippen molar-refractivity contribution in [2.75, 3.05) is 0 Å². The molecule has 1 rings (SSSR count). The Morgan fingerprint density at radius 2 is 2.25 bits per heavy atom. The maximum atomic E-state index is 3.27. The van der Waals surface area contributed by atoms with Crippen molar-refractivity contribution < 1.29 is 31.9 Å². The van der Waals surface area contributed by atoms with Crippen molar-refractivity contribution in [3.05, 3.63) is 21.3 Å². The van der Waals surface area contributed by atoms with Crippen LogP contribution in [0.5, 0.6) is 0 Å². The molecular formula is C4H2BrClSZn-. The van der Waals surface area contributed by atoms with Gasteiger partial charge in [0.25, 0.3) is 0 Å². The van der Waals surface area contributed by atoms with Crippen molar-refractivity contribution >= 4 is 27.3 Å². The van der Waals surface area contributed by atoms with Gasteiger partial charge in [0, 0.05) is 24.9 Å². The molecule has 0 N–H and O–H groups in total. The van der Waals surface area contributed by atoms with Crippen LogP contribution >= 0.6 is 27.3 Å². The first-order valence-corrected chi connectivity index (χ1v) is 3.12. The second-order valence-electron chi connectivity index (χ2n) is 0.857. The van der Waals surface area contributed by atoms with Crippen LogP contribution in [0.1, 0.15) is 0 Å². The van der Waals surface area contributed by atoms with Crippen LogP contribution in [0.4, 0.5) is 0 Å². The van der Waals surface area contributed by atoms with Crippen molar-refractivity contribution in [2.24, 2.45) is 0 Å². The van der Waals surface area contributed by atoms with Crippen LogP contribution in [0, 0.1) is 5.38 Å². The molecule has 0 aliphatic rings. The van der Waals surface area contributed by atoms with Gasteiger partial charge in [-0.3, -0.25) is 0 Å². The second kappa shape index (κ2) is 6.22. The quantitative estimate of drug-likeness (QED) is 0.544. The summed E-state index contributed by atoms with van der Waals surface area (Å²) in [5, 5.41) is 2.92. The van der Waals surface area contributed by atoms with Crippen LogP contribution in [0.25, 0.3) is 0 Å². The van der Waals surface area contributed by atoms with Crippen LogP contribution in [0.2, 0.25) is 0 Å². The van der Waals surface area contributed by atoms with Crippen molar-refractivity contribution in [1.29, 1.82) is 0 Å².